The van der Waals surface area contributed by atoms with Crippen LogP contribution in [0.2, 0.25) is 0 Å². The Morgan fingerprint density at radius 1 is 1.24 bits per heavy atom. The molecule has 0 unspecified atom stereocenters. The smallest absolute Gasteiger partial charge is 0.319 e. The maximum atomic E-state index is 13.0. The van der Waals surface area contributed by atoms with E-state index in [4.69, 9.17) is 0 Å². The Morgan fingerprint density at radius 2 is 1.95 bits per heavy atom. The van der Waals surface area contributed by atoms with E-state index in [1.165, 1.54) is 12.1 Å². The zero-order valence-electron chi connectivity index (χ0n) is 11.7. The minimum atomic E-state index is -0.361. The Labute approximate surface area is 122 Å². The first kappa shape index (κ1) is 13.5. The van der Waals surface area contributed by atoms with Gasteiger partial charge in [-0.05, 0) is 49.6 Å². The van der Waals surface area contributed by atoms with Crippen LogP contribution in [0, 0.1) is 12.7 Å². The highest BCUT2D eigenvalue weighted by Crippen LogP contribution is 2.45. The molecule has 3 rings (SSSR count). The largest absolute Gasteiger partial charge is 0.328 e. The zero-order chi connectivity index (χ0) is 14.9. The number of hydrogen-bond acceptors (Lipinski definition) is 2. The van der Waals surface area contributed by atoms with Crippen molar-refractivity contribution >= 4 is 11.7 Å². The highest BCUT2D eigenvalue weighted by Gasteiger charge is 2.45. The molecule has 1 fully saturated rings. The van der Waals surface area contributed by atoms with Crippen LogP contribution in [0.15, 0.2) is 42.6 Å². The minimum absolute atomic E-state index is 0.262. The van der Waals surface area contributed by atoms with Gasteiger partial charge in [0.2, 0.25) is 0 Å². The molecular formula is C16H16FN3O. The van der Waals surface area contributed by atoms with E-state index in [-0.39, 0.29) is 17.4 Å². The third-order valence-corrected chi connectivity index (χ3v) is 3.65. The van der Waals surface area contributed by atoms with Crippen molar-refractivity contribution in [2.45, 2.75) is 25.3 Å². The molecule has 0 bridgehead atoms. The molecule has 2 aromatic rings. The fourth-order valence-corrected chi connectivity index (χ4v) is 2.38. The van der Waals surface area contributed by atoms with Crippen LogP contribution in [0.3, 0.4) is 0 Å². The van der Waals surface area contributed by atoms with Crippen LogP contribution in [-0.2, 0) is 5.54 Å². The van der Waals surface area contributed by atoms with Gasteiger partial charge in [0.05, 0.1) is 5.54 Å². The van der Waals surface area contributed by atoms with Crippen molar-refractivity contribution in [3.63, 3.8) is 0 Å². The summed E-state index contributed by atoms with van der Waals surface area (Å²) in [5.74, 6) is -0.272. The van der Waals surface area contributed by atoms with Crippen LogP contribution in [0.5, 0.6) is 0 Å². The summed E-state index contributed by atoms with van der Waals surface area (Å²) in [6.45, 7) is 1.87. The standard InChI is InChI=1S/C16H16FN3O/c1-11-10-14(6-9-18-11)19-15(21)20-16(7-8-16)12-2-4-13(17)5-3-12/h2-6,9-10H,7-8H2,1H3,(H2,18,19,20,21). The number of anilines is 1. The topological polar surface area (TPSA) is 54.0 Å². The third-order valence-electron chi connectivity index (χ3n) is 3.65. The van der Waals surface area contributed by atoms with Gasteiger partial charge in [-0.15, -0.1) is 0 Å². The van der Waals surface area contributed by atoms with Crippen molar-refractivity contribution in [3.8, 4) is 0 Å². The van der Waals surface area contributed by atoms with Gasteiger partial charge < -0.3 is 10.6 Å². The molecule has 21 heavy (non-hydrogen) atoms. The van der Waals surface area contributed by atoms with Crippen LogP contribution in [0.1, 0.15) is 24.1 Å². The number of nitrogens with zero attached hydrogens (tertiary/aromatic N) is 1. The number of amides is 2. The molecule has 108 valence electrons. The second-order valence-corrected chi connectivity index (χ2v) is 5.35. The van der Waals surface area contributed by atoms with Crippen LogP contribution in [0.25, 0.3) is 0 Å². The third kappa shape index (κ3) is 3.02. The highest BCUT2D eigenvalue weighted by atomic mass is 19.1. The van der Waals surface area contributed by atoms with Gasteiger partial charge in [-0.1, -0.05) is 12.1 Å². The molecule has 1 aromatic heterocycles. The van der Waals surface area contributed by atoms with Gasteiger partial charge in [-0.25, -0.2) is 9.18 Å². The van der Waals surface area contributed by atoms with E-state index in [1.807, 2.05) is 6.92 Å². The average molecular weight is 285 g/mol. The number of rotatable bonds is 3. The van der Waals surface area contributed by atoms with Crippen molar-refractivity contribution in [1.82, 2.24) is 10.3 Å². The first-order valence-electron chi connectivity index (χ1n) is 6.85. The molecular weight excluding hydrogens is 269 g/mol. The zero-order valence-corrected chi connectivity index (χ0v) is 11.7. The molecule has 0 aliphatic heterocycles. The van der Waals surface area contributed by atoms with Gasteiger partial charge in [-0.3, -0.25) is 4.98 Å². The number of aryl methyl sites for hydroxylation is 1. The Bertz CT molecular complexity index is 665. The Balaban J connectivity index is 1.68. The number of benzene rings is 1. The van der Waals surface area contributed by atoms with Crippen molar-refractivity contribution < 1.29 is 9.18 Å². The van der Waals surface area contributed by atoms with Gasteiger partial charge >= 0.3 is 6.03 Å². The fraction of sp³-hybridized carbons (Fsp3) is 0.250. The number of aromatic nitrogens is 1. The lowest BCUT2D eigenvalue weighted by Gasteiger charge is -2.18. The number of pyridine rings is 1. The summed E-state index contributed by atoms with van der Waals surface area (Å²) >= 11 is 0. The Hall–Kier alpha value is -2.43. The van der Waals surface area contributed by atoms with Gasteiger partial charge in [0, 0.05) is 17.6 Å². The minimum Gasteiger partial charge on any atom is -0.328 e. The second-order valence-electron chi connectivity index (χ2n) is 5.35. The quantitative estimate of drug-likeness (QED) is 0.908. The van der Waals surface area contributed by atoms with Gasteiger partial charge in [0.15, 0.2) is 0 Å². The molecule has 5 heteroatoms. The SMILES string of the molecule is Cc1cc(NC(=O)NC2(c3ccc(F)cc3)CC2)ccn1. The lowest BCUT2D eigenvalue weighted by molar-refractivity contribution is 0.247. The van der Waals surface area contributed by atoms with Crippen molar-refractivity contribution in [1.29, 1.82) is 0 Å². The molecule has 1 saturated carbocycles. The summed E-state index contributed by atoms with van der Waals surface area (Å²) in [7, 11) is 0. The van der Waals surface area contributed by atoms with Crippen molar-refractivity contribution in [2.24, 2.45) is 0 Å². The summed E-state index contributed by atoms with van der Waals surface area (Å²) in [5, 5.41) is 5.77. The maximum Gasteiger partial charge on any atom is 0.319 e. The van der Waals surface area contributed by atoms with Gasteiger partial charge in [0.1, 0.15) is 5.82 Å². The van der Waals surface area contributed by atoms with E-state index in [1.54, 1.807) is 30.5 Å². The molecule has 4 nitrogen and oxygen atoms in total. The highest BCUT2D eigenvalue weighted by molar-refractivity contribution is 5.90. The molecule has 1 heterocycles. The van der Waals surface area contributed by atoms with Crippen molar-refractivity contribution in [3.05, 3.63) is 59.7 Å². The van der Waals surface area contributed by atoms with Crippen LogP contribution in [0.4, 0.5) is 14.9 Å². The second kappa shape index (κ2) is 5.16. The number of urea groups is 1. The van der Waals surface area contributed by atoms with E-state index in [9.17, 15) is 9.18 Å². The van der Waals surface area contributed by atoms with Crippen molar-refractivity contribution in [2.75, 3.05) is 5.32 Å². The molecule has 1 aliphatic rings. The lowest BCUT2D eigenvalue weighted by atomic mass is 10.1. The average Bonchev–Trinajstić information content (AvgIpc) is 3.20. The predicted molar refractivity (Wildman–Crippen MR) is 78.4 cm³/mol. The molecule has 0 radical (unpaired) electrons. The number of carbonyl (C=O) groups is 1. The molecule has 1 aliphatic carbocycles. The van der Waals surface area contributed by atoms with Crippen LogP contribution in [-0.4, -0.2) is 11.0 Å². The molecule has 1 aromatic carbocycles. The van der Waals surface area contributed by atoms with Gasteiger partial charge in [0.25, 0.3) is 0 Å². The molecule has 0 spiro atoms. The summed E-state index contributed by atoms with van der Waals surface area (Å²) in [4.78, 5) is 16.2. The summed E-state index contributed by atoms with van der Waals surface area (Å²) in [5.41, 5.74) is 2.12. The van der Waals surface area contributed by atoms with Gasteiger partial charge in [-0.2, -0.15) is 0 Å². The molecule has 2 amide bonds. The van der Waals surface area contributed by atoms with E-state index in [0.717, 1.165) is 24.1 Å². The van der Waals surface area contributed by atoms with E-state index < -0.39 is 0 Å². The number of hydrogen-bond donors (Lipinski definition) is 2. The monoisotopic (exact) mass is 285 g/mol. The molecule has 0 saturated heterocycles. The summed E-state index contributed by atoms with van der Waals surface area (Å²) in [6.07, 6.45) is 3.38. The number of nitrogens with one attached hydrogen (secondary N) is 2. The first-order valence-corrected chi connectivity index (χ1v) is 6.85. The summed E-state index contributed by atoms with van der Waals surface area (Å²) < 4.78 is 13.0. The van der Waals surface area contributed by atoms with E-state index in [0.29, 0.717) is 5.69 Å². The molecule has 2 N–H and O–H groups in total. The number of carbonyl (C=O) groups excluding carboxylic acids is 1. The normalized spacial score (nSPS) is 15.3. The lowest BCUT2D eigenvalue weighted by Crippen LogP contribution is -2.38. The van der Waals surface area contributed by atoms with E-state index in [2.05, 4.69) is 15.6 Å². The Morgan fingerprint density at radius 3 is 2.57 bits per heavy atom. The van der Waals surface area contributed by atoms with E-state index >= 15 is 0 Å². The van der Waals surface area contributed by atoms with Crippen LogP contribution >= 0.6 is 0 Å². The Kier molecular flexibility index (Phi) is 3.33. The van der Waals surface area contributed by atoms with Crippen LogP contribution < -0.4 is 10.6 Å². The predicted octanol–water partition coefficient (Wildman–Crippen LogP) is 3.34. The molecule has 0 atom stereocenters. The first-order chi connectivity index (χ1) is 10.1. The summed E-state index contributed by atoms with van der Waals surface area (Å²) in [6, 6.07) is 9.56. The maximum absolute atomic E-state index is 13.0. The fourth-order valence-electron chi connectivity index (χ4n) is 2.38. The number of halogens is 1.